The number of rotatable bonds is 1. The Morgan fingerprint density at radius 3 is 2.80 bits per heavy atom. The molecule has 0 bridgehead atoms. The number of amides is 1. The van der Waals surface area contributed by atoms with Crippen LogP contribution in [0.2, 0.25) is 0 Å². The fourth-order valence-electron chi connectivity index (χ4n) is 2.55. The molecule has 1 aromatic carbocycles. The van der Waals surface area contributed by atoms with Crippen molar-refractivity contribution in [1.29, 1.82) is 0 Å². The average Bonchev–Trinajstić information content (AvgIpc) is 2.84. The predicted octanol–water partition coefficient (Wildman–Crippen LogP) is 2.01. The van der Waals surface area contributed by atoms with E-state index in [1.165, 1.54) is 0 Å². The molecule has 0 aliphatic carbocycles. The number of hydrogen-bond acceptors (Lipinski definition) is 4. The SMILES string of the molecule is O=C1c2cnccc2CN1c1ccc2c(c1)OCCO2. The van der Waals surface area contributed by atoms with Gasteiger partial charge >= 0.3 is 0 Å². The monoisotopic (exact) mass is 268 g/mol. The van der Waals surface area contributed by atoms with E-state index in [1.807, 2.05) is 24.3 Å². The van der Waals surface area contributed by atoms with Gasteiger partial charge in [-0.2, -0.15) is 0 Å². The summed E-state index contributed by atoms with van der Waals surface area (Å²) in [4.78, 5) is 18.1. The number of anilines is 1. The molecule has 0 atom stereocenters. The number of pyridine rings is 1. The minimum absolute atomic E-state index is 0.0234. The fraction of sp³-hybridized carbons (Fsp3) is 0.200. The number of hydrogen-bond donors (Lipinski definition) is 0. The van der Waals surface area contributed by atoms with Crippen LogP contribution in [0.15, 0.2) is 36.7 Å². The van der Waals surface area contributed by atoms with E-state index >= 15 is 0 Å². The first-order valence-corrected chi connectivity index (χ1v) is 6.47. The van der Waals surface area contributed by atoms with Crippen molar-refractivity contribution in [1.82, 2.24) is 4.98 Å². The maximum Gasteiger partial charge on any atom is 0.260 e. The van der Waals surface area contributed by atoms with Crippen molar-refractivity contribution in [2.45, 2.75) is 6.54 Å². The van der Waals surface area contributed by atoms with Gasteiger partial charge in [0.2, 0.25) is 0 Å². The summed E-state index contributed by atoms with van der Waals surface area (Å²) >= 11 is 0. The fourth-order valence-corrected chi connectivity index (χ4v) is 2.55. The minimum Gasteiger partial charge on any atom is -0.486 e. The molecule has 0 N–H and O–H groups in total. The first-order chi connectivity index (χ1) is 9.83. The van der Waals surface area contributed by atoms with E-state index in [9.17, 15) is 4.79 Å². The van der Waals surface area contributed by atoms with Crippen LogP contribution in [-0.2, 0) is 6.54 Å². The summed E-state index contributed by atoms with van der Waals surface area (Å²) in [5, 5.41) is 0. The van der Waals surface area contributed by atoms with Gasteiger partial charge in [-0.25, -0.2) is 0 Å². The third-order valence-corrected chi connectivity index (χ3v) is 3.55. The molecule has 0 fully saturated rings. The summed E-state index contributed by atoms with van der Waals surface area (Å²) in [6.07, 6.45) is 3.33. The molecule has 0 unspecified atom stereocenters. The largest absolute Gasteiger partial charge is 0.486 e. The van der Waals surface area contributed by atoms with E-state index in [-0.39, 0.29) is 5.91 Å². The Balaban J connectivity index is 1.71. The second-order valence-electron chi connectivity index (χ2n) is 4.75. The summed E-state index contributed by atoms with van der Waals surface area (Å²) in [7, 11) is 0. The lowest BCUT2D eigenvalue weighted by Gasteiger charge is -2.21. The molecule has 0 spiro atoms. The topological polar surface area (TPSA) is 51.7 Å². The van der Waals surface area contributed by atoms with Crippen LogP contribution in [0.1, 0.15) is 15.9 Å². The van der Waals surface area contributed by atoms with Gasteiger partial charge in [-0.15, -0.1) is 0 Å². The van der Waals surface area contributed by atoms with E-state index in [2.05, 4.69) is 4.98 Å². The number of carbonyl (C=O) groups excluding carboxylic acids is 1. The average molecular weight is 268 g/mol. The van der Waals surface area contributed by atoms with E-state index in [0.29, 0.717) is 31.1 Å². The van der Waals surface area contributed by atoms with Gasteiger partial charge in [0.1, 0.15) is 13.2 Å². The van der Waals surface area contributed by atoms with Crippen LogP contribution in [0.5, 0.6) is 11.5 Å². The van der Waals surface area contributed by atoms with Crippen LogP contribution in [0.4, 0.5) is 5.69 Å². The molecule has 20 heavy (non-hydrogen) atoms. The quantitative estimate of drug-likeness (QED) is 0.794. The van der Waals surface area contributed by atoms with E-state index in [1.54, 1.807) is 17.3 Å². The van der Waals surface area contributed by atoms with Gasteiger partial charge in [-0.3, -0.25) is 9.78 Å². The first kappa shape index (κ1) is 11.3. The molecule has 0 saturated carbocycles. The predicted molar refractivity (Wildman–Crippen MR) is 72.2 cm³/mol. The summed E-state index contributed by atoms with van der Waals surface area (Å²) in [5.41, 5.74) is 2.48. The molecule has 2 aromatic rings. The second kappa shape index (κ2) is 4.23. The number of carbonyl (C=O) groups is 1. The van der Waals surface area contributed by atoms with Crippen molar-refractivity contribution in [2.24, 2.45) is 0 Å². The number of nitrogens with zero attached hydrogens (tertiary/aromatic N) is 2. The maximum absolute atomic E-state index is 12.4. The van der Waals surface area contributed by atoms with Crippen molar-refractivity contribution in [3.8, 4) is 11.5 Å². The molecule has 4 rings (SSSR count). The van der Waals surface area contributed by atoms with Crippen LogP contribution in [0, 0.1) is 0 Å². The summed E-state index contributed by atoms with van der Waals surface area (Å²) in [6.45, 7) is 1.66. The molecule has 0 saturated heterocycles. The highest BCUT2D eigenvalue weighted by Crippen LogP contribution is 2.36. The number of ether oxygens (including phenoxy) is 2. The Labute approximate surface area is 115 Å². The van der Waals surface area contributed by atoms with Gasteiger partial charge in [-0.1, -0.05) is 0 Å². The molecule has 5 nitrogen and oxygen atoms in total. The Morgan fingerprint density at radius 2 is 1.95 bits per heavy atom. The van der Waals surface area contributed by atoms with Crippen molar-refractivity contribution < 1.29 is 14.3 Å². The second-order valence-corrected chi connectivity index (χ2v) is 4.75. The zero-order valence-corrected chi connectivity index (χ0v) is 10.7. The third kappa shape index (κ3) is 1.63. The smallest absolute Gasteiger partial charge is 0.260 e. The number of aromatic nitrogens is 1. The molecular weight excluding hydrogens is 256 g/mol. The highest BCUT2D eigenvalue weighted by atomic mass is 16.6. The minimum atomic E-state index is -0.0234. The Bertz CT molecular complexity index is 699. The van der Waals surface area contributed by atoms with Gasteiger partial charge in [0.05, 0.1) is 12.1 Å². The van der Waals surface area contributed by atoms with Gasteiger partial charge in [0.15, 0.2) is 11.5 Å². The normalized spacial score (nSPS) is 16.2. The molecule has 0 radical (unpaired) electrons. The van der Waals surface area contributed by atoms with Crippen molar-refractivity contribution in [3.05, 3.63) is 47.8 Å². The van der Waals surface area contributed by atoms with Gasteiger partial charge < -0.3 is 14.4 Å². The maximum atomic E-state index is 12.4. The molecule has 100 valence electrons. The van der Waals surface area contributed by atoms with Crippen LogP contribution in [0.25, 0.3) is 0 Å². The lowest BCUT2D eigenvalue weighted by molar-refractivity contribution is 0.0996. The molecular formula is C15H12N2O3. The van der Waals surface area contributed by atoms with E-state index < -0.39 is 0 Å². The Hall–Kier alpha value is -2.56. The Kier molecular flexibility index (Phi) is 2.39. The van der Waals surface area contributed by atoms with Crippen LogP contribution in [0.3, 0.4) is 0 Å². The van der Waals surface area contributed by atoms with Crippen LogP contribution < -0.4 is 14.4 Å². The highest BCUT2D eigenvalue weighted by molar-refractivity contribution is 6.09. The third-order valence-electron chi connectivity index (χ3n) is 3.55. The van der Waals surface area contributed by atoms with Crippen LogP contribution >= 0.6 is 0 Å². The summed E-state index contributed by atoms with van der Waals surface area (Å²) in [5.74, 6) is 1.39. The van der Waals surface area contributed by atoms with Crippen molar-refractivity contribution in [2.75, 3.05) is 18.1 Å². The van der Waals surface area contributed by atoms with Gasteiger partial charge in [-0.05, 0) is 23.8 Å². The van der Waals surface area contributed by atoms with Crippen LogP contribution in [-0.4, -0.2) is 24.1 Å². The van der Waals surface area contributed by atoms with Gasteiger partial charge in [0.25, 0.3) is 5.91 Å². The molecule has 2 aliphatic heterocycles. The van der Waals surface area contributed by atoms with Gasteiger partial charge in [0, 0.05) is 24.1 Å². The summed E-state index contributed by atoms with van der Waals surface area (Å²) < 4.78 is 11.1. The molecule has 2 aliphatic rings. The van der Waals surface area contributed by atoms with Crippen molar-refractivity contribution >= 4 is 11.6 Å². The standard InChI is InChI=1S/C15H12N2O3/c18-15-12-8-16-4-3-10(12)9-17(15)11-1-2-13-14(7-11)20-6-5-19-13/h1-4,7-8H,5-6,9H2. The molecule has 1 amide bonds. The zero-order valence-electron chi connectivity index (χ0n) is 10.7. The highest BCUT2D eigenvalue weighted by Gasteiger charge is 2.29. The lowest BCUT2D eigenvalue weighted by Crippen LogP contribution is -2.23. The number of benzene rings is 1. The lowest BCUT2D eigenvalue weighted by atomic mass is 10.2. The zero-order chi connectivity index (χ0) is 13.5. The molecule has 1 aromatic heterocycles. The Morgan fingerprint density at radius 1 is 1.10 bits per heavy atom. The first-order valence-electron chi connectivity index (χ1n) is 6.47. The molecule has 5 heteroatoms. The van der Waals surface area contributed by atoms with E-state index in [0.717, 1.165) is 17.0 Å². The summed E-state index contributed by atoms with van der Waals surface area (Å²) in [6, 6.07) is 7.46. The number of fused-ring (bicyclic) bond motifs is 2. The van der Waals surface area contributed by atoms with E-state index in [4.69, 9.17) is 9.47 Å². The van der Waals surface area contributed by atoms with Crippen molar-refractivity contribution in [3.63, 3.8) is 0 Å². The molecule has 3 heterocycles.